The van der Waals surface area contributed by atoms with E-state index in [-0.39, 0.29) is 11.3 Å². The molecule has 2 amide bonds. The van der Waals surface area contributed by atoms with Gasteiger partial charge in [-0.1, -0.05) is 34.6 Å². The van der Waals surface area contributed by atoms with E-state index in [0.29, 0.717) is 11.8 Å². The lowest BCUT2D eigenvalue weighted by molar-refractivity contribution is -0.140. The second kappa shape index (κ2) is 8.54. The van der Waals surface area contributed by atoms with Crippen LogP contribution in [-0.4, -0.2) is 47.8 Å². The Balaban J connectivity index is 0.000000224. The average molecular weight is 310 g/mol. The van der Waals surface area contributed by atoms with Crippen LogP contribution in [0.25, 0.3) is 0 Å². The fraction of sp³-hybridized carbons (Fsp3) is 0.889. The molecule has 22 heavy (non-hydrogen) atoms. The van der Waals surface area contributed by atoms with Crippen LogP contribution >= 0.6 is 0 Å². The molecule has 0 aromatic heterocycles. The van der Waals surface area contributed by atoms with Crippen LogP contribution in [0.5, 0.6) is 0 Å². The molecule has 2 rings (SSSR count). The molecule has 4 nitrogen and oxygen atoms in total. The summed E-state index contributed by atoms with van der Waals surface area (Å²) in [6.45, 7) is 13.8. The molecule has 2 heterocycles. The predicted molar refractivity (Wildman–Crippen MR) is 90.5 cm³/mol. The van der Waals surface area contributed by atoms with Gasteiger partial charge in [-0.05, 0) is 32.1 Å². The SMILES string of the molecule is CC(C)(C)C(=O)N1CCCCC1.CC(C)C(=O)N1CCCC1. The minimum Gasteiger partial charge on any atom is -0.342 e. The largest absolute Gasteiger partial charge is 0.342 e. The van der Waals surface area contributed by atoms with Crippen LogP contribution in [0.3, 0.4) is 0 Å². The molecule has 0 aromatic carbocycles. The van der Waals surface area contributed by atoms with Gasteiger partial charge in [0.05, 0.1) is 0 Å². The first-order chi connectivity index (χ1) is 10.2. The van der Waals surface area contributed by atoms with Gasteiger partial charge in [0.15, 0.2) is 0 Å². The Morgan fingerprint density at radius 3 is 1.59 bits per heavy atom. The summed E-state index contributed by atoms with van der Waals surface area (Å²) in [6.07, 6.45) is 6.04. The standard InChI is InChI=1S/C10H19NO.C8H15NO/c1-10(2,3)9(12)11-7-5-4-6-8-11;1-7(2)8(10)9-5-3-4-6-9/h4-8H2,1-3H3;7H,3-6H2,1-2H3. The lowest BCUT2D eigenvalue weighted by Gasteiger charge is -2.32. The van der Waals surface area contributed by atoms with E-state index in [2.05, 4.69) is 0 Å². The second-order valence-electron chi connectivity index (χ2n) is 7.79. The molecule has 2 saturated heterocycles. The van der Waals surface area contributed by atoms with E-state index in [4.69, 9.17) is 0 Å². The van der Waals surface area contributed by atoms with E-state index >= 15 is 0 Å². The molecular formula is C18H34N2O2. The summed E-state index contributed by atoms with van der Waals surface area (Å²) in [4.78, 5) is 27.0. The summed E-state index contributed by atoms with van der Waals surface area (Å²) in [7, 11) is 0. The number of piperidine rings is 1. The number of amides is 2. The molecule has 2 aliphatic heterocycles. The van der Waals surface area contributed by atoms with E-state index in [0.717, 1.165) is 26.2 Å². The van der Waals surface area contributed by atoms with Gasteiger partial charge in [-0.2, -0.15) is 0 Å². The van der Waals surface area contributed by atoms with E-state index < -0.39 is 0 Å². The van der Waals surface area contributed by atoms with Crippen LogP contribution in [0.2, 0.25) is 0 Å². The highest BCUT2D eigenvalue weighted by Crippen LogP contribution is 2.20. The number of nitrogens with zero attached hydrogens (tertiary/aromatic N) is 2. The molecule has 0 atom stereocenters. The van der Waals surface area contributed by atoms with E-state index in [9.17, 15) is 9.59 Å². The molecule has 2 aliphatic rings. The molecule has 0 saturated carbocycles. The Kier molecular flexibility index (Phi) is 7.37. The first-order valence-electron chi connectivity index (χ1n) is 8.81. The van der Waals surface area contributed by atoms with E-state index in [1.54, 1.807) is 0 Å². The molecule has 0 aromatic rings. The molecule has 128 valence electrons. The Labute approximate surface area is 136 Å². The molecule has 4 heteroatoms. The lowest BCUT2D eigenvalue weighted by Crippen LogP contribution is -2.42. The number of rotatable bonds is 1. The van der Waals surface area contributed by atoms with Gasteiger partial charge in [-0.15, -0.1) is 0 Å². The highest BCUT2D eigenvalue weighted by Gasteiger charge is 2.27. The van der Waals surface area contributed by atoms with Gasteiger partial charge in [0.2, 0.25) is 11.8 Å². The number of hydrogen-bond donors (Lipinski definition) is 0. The average Bonchev–Trinajstić information content (AvgIpc) is 3.00. The highest BCUT2D eigenvalue weighted by molar-refractivity contribution is 5.81. The fourth-order valence-electron chi connectivity index (χ4n) is 2.87. The maximum atomic E-state index is 11.7. The van der Waals surface area contributed by atoms with Gasteiger partial charge in [0.1, 0.15) is 0 Å². The van der Waals surface area contributed by atoms with Crippen molar-refractivity contribution in [3.8, 4) is 0 Å². The second-order valence-corrected chi connectivity index (χ2v) is 7.79. The lowest BCUT2D eigenvalue weighted by atomic mass is 9.93. The Morgan fingerprint density at radius 2 is 1.18 bits per heavy atom. The van der Waals surface area contributed by atoms with Crippen molar-refractivity contribution in [3.05, 3.63) is 0 Å². The van der Waals surface area contributed by atoms with Gasteiger partial charge in [-0.3, -0.25) is 9.59 Å². The van der Waals surface area contributed by atoms with Crippen molar-refractivity contribution in [2.24, 2.45) is 11.3 Å². The first kappa shape index (κ1) is 19.0. The summed E-state index contributed by atoms with van der Waals surface area (Å²) in [6, 6.07) is 0. The topological polar surface area (TPSA) is 40.6 Å². The van der Waals surface area contributed by atoms with Crippen LogP contribution in [0.15, 0.2) is 0 Å². The third-order valence-electron chi connectivity index (χ3n) is 4.20. The zero-order chi connectivity index (χ0) is 16.8. The maximum Gasteiger partial charge on any atom is 0.227 e. The summed E-state index contributed by atoms with van der Waals surface area (Å²) in [5.74, 6) is 0.804. The normalized spacial score (nSPS) is 19.0. The molecule has 0 spiro atoms. The zero-order valence-electron chi connectivity index (χ0n) is 15.2. The Bertz CT molecular complexity index is 360. The molecule has 0 radical (unpaired) electrons. The summed E-state index contributed by atoms with van der Waals surface area (Å²) < 4.78 is 0. The monoisotopic (exact) mass is 310 g/mol. The predicted octanol–water partition coefficient (Wildman–Crippen LogP) is 3.31. The molecule has 2 fully saturated rings. The van der Waals surface area contributed by atoms with Crippen LogP contribution in [0.1, 0.15) is 66.7 Å². The zero-order valence-corrected chi connectivity index (χ0v) is 15.2. The third-order valence-corrected chi connectivity index (χ3v) is 4.20. The molecule has 0 N–H and O–H groups in total. The van der Waals surface area contributed by atoms with Crippen LogP contribution in [0.4, 0.5) is 0 Å². The molecule has 0 aliphatic carbocycles. The summed E-state index contributed by atoms with van der Waals surface area (Å²) >= 11 is 0. The Morgan fingerprint density at radius 1 is 0.773 bits per heavy atom. The van der Waals surface area contributed by atoms with Crippen molar-refractivity contribution in [1.29, 1.82) is 0 Å². The first-order valence-corrected chi connectivity index (χ1v) is 8.81. The van der Waals surface area contributed by atoms with Crippen molar-refractivity contribution < 1.29 is 9.59 Å². The minimum absolute atomic E-state index is 0.179. The van der Waals surface area contributed by atoms with Gasteiger partial charge in [-0.25, -0.2) is 0 Å². The van der Waals surface area contributed by atoms with Crippen molar-refractivity contribution in [2.75, 3.05) is 26.2 Å². The molecule has 0 bridgehead atoms. The Hall–Kier alpha value is -1.06. The van der Waals surface area contributed by atoms with Crippen LogP contribution in [0, 0.1) is 11.3 Å². The maximum absolute atomic E-state index is 11.7. The molecular weight excluding hydrogens is 276 g/mol. The number of carbonyl (C=O) groups excluding carboxylic acids is 2. The highest BCUT2D eigenvalue weighted by atomic mass is 16.2. The number of likely N-dealkylation sites (tertiary alicyclic amines) is 2. The van der Waals surface area contributed by atoms with Gasteiger partial charge >= 0.3 is 0 Å². The smallest absolute Gasteiger partial charge is 0.227 e. The van der Waals surface area contributed by atoms with Crippen LogP contribution < -0.4 is 0 Å². The van der Waals surface area contributed by atoms with Crippen molar-refractivity contribution in [1.82, 2.24) is 9.80 Å². The number of hydrogen-bond acceptors (Lipinski definition) is 2. The third kappa shape index (κ3) is 5.98. The van der Waals surface area contributed by atoms with Gasteiger partial charge in [0.25, 0.3) is 0 Å². The quantitative estimate of drug-likeness (QED) is 0.745. The van der Waals surface area contributed by atoms with Crippen molar-refractivity contribution in [2.45, 2.75) is 66.7 Å². The summed E-state index contributed by atoms with van der Waals surface area (Å²) in [5, 5.41) is 0. The van der Waals surface area contributed by atoms with Crippen LogP contribution in [-0.2, 0) is 9.59 Å². The van der Waals surface area contributed by atoms with Crippen molar-refractivity contribution >= 4 is 11.8 Å². The van der Waals surface area contributed by atoms with Gasteiger partial charge < -0.3 is 9.80 Å². The van der Waals surface area contributed by atoms with Gasteiger partial charge in [0, 0.05) is 37.5 Å². The number of carbonyl (C=O) groups is 2. The van der Waals surface area contributed by atoms with Crippen molar-refractivity contribution in [3.63, 3.8) is 0 Å². The fourth-order valence-corrected chi connectivity index (χ4v) is 2.87. The molecule has 0 unspecified atom stereocenters. The minimum atomic E-state index is -0.197. The summed E-state index contributed by atoms with van der Waals surface area (Å²) in [5.41, 5.74) is -0.197. The van der Waals surface area contributed by atoms with E-state index in [1.165, 1.54) is 32.1 Å². The van der Waals surface area contributed by atoms with E-state index in [1.807, 2.05) is 44.4 Å².